The van der Waals surface area contributed by atoms with Crippen molar-refractivity contribution in [3.8, 4) is 0 Å². The molecule has 1 atom stereocenters. The normalized spacial score (nSPS) is 18.6. The molecule has 0 aromatic heterocycles. The third-order valence-corrected chi connectivity index (χ3v) is 5.95. The summed E-state index contributed by atoms with van der Waals surface area (Å²) in [6.07, 6.45) is 1.46. The van der Waals surface area contributed by atoms with Gasteiger partial charge in [0.05, 0.1) is 18.1 Å². The summed E-state index contributed by atoms with van der Waals surface area (Å²) in [6, 6.07) is 4.63. The Labute approximate surface area is 127 Å². The highest BCUT2D eigenvalue weighted by Gasteiger charge is 2.31. The monoisotopic (exact) mass is 360 g/mol. The van der Waals surface area contributed by atoms with Crippen LogP contribution in [0.25, 0.3) is 0 Å². The zero-order valence-electron chi connectivity index (χ0n) is 11.0. The Morgan fingerprint density at radius 2 is 2.05 bits per heavy atom. The van der Waals surface area contributed by atoms with Gasteiger partial charge in [0.1, 0.15) is 5.37 Å². The first-order valence-corrected chi connectivity index (χ1v) is 8.54. The summed E-state index contributed by atoms with van der Waals surface area (Å²) >= 11 is 3.26. The molecule has 0 spiro atoms. The van der Waals surface area contributed by atoms with Crippen LogP contribution in [0.1, 0.15) is 0 Å². The molecular weight excluding hydrogens is 344 g/mol. The van der Waals surface area contributed by atoms with Crippen LogP contribution in [-0.2, 0) is 14.6 Å². The van der Waals surface area contributed by atoms with E-state index in [1.807, 2.05) is 4.90 Å². The fourth-order valence-corrected chi connectivity index (χ4v) is 4.33. The molecule has 110 valence electrons. The summed E-state index contributed by atoms with van der Waals surface area (Å²) in [4.78, 5) is 2.09. The fourth-order valence-electron chi connectivity index (χ4n) is 2.13. The second kappa shape index (κ2) is 6.26. The van der Waals surface area contributed by atoms with Crippen molar-refractivity contribution < 1.29 is 13.2 Å². The van der Waals surface area contributed by atoms with Crippen molar-refractivity contribution in [1.29, 1.82) is 0 Å². The molecule has 7 heteroatoms. The predicted molar refractivity (Wildman–Crippen MR) is 82.1 cm³/mol. The summed E-state index contributed by atoms with van der Waals surface area (Å²) in [5.74, 6) is 0. The molecule has 1 aromatic carbocycles. The van der Waals surface area contributed by atoms with Crippen LogP contribution in [0.2, 0.25) is 0 Å². The van der Waals surface area contributed by atoms with Crippen LogP contribution in [0.15, 0.2) is 40.2 Å². The van der Waals surface area contributed by atoms with E-state index in [1.54, 1.807) is 6.07 Å². The van der Waals surface area contributed by atoms with Gasteiger partial charge in [-0.2, -0.15) is 0 Å². The number of sulfone groups is 1. The first kappa shape index (κ1) is 15.5. The molecular formula is C13H17BrN2O3S. The average molecular weight is 361 g/mol. The standard InChI is InChI=1S/C13H17BrN2O3S/c1-2-13(16-5-7-19-8-6-16)20(17,18)10-3-4-12(15)11(14)9-10/h2-4,9,13H,1,5-8,15H2. The van der Waals surface area contributed by atoms with Crippen LogP contribution in [0.3, 0.4) is 0 Å². The molecule has 0 radical (unpaired) electrons. The van der Waals surface area contributed by atoms with Crippen molar-refractivity contribution in [2.75, 3.05) is 32.0 Å². The molecule has 1 aromatic rings. The topological polar surface area (TPSA) is 72.6 Å². The highest BCUT2D eigenvalue weighted by molar-refractivity contribution is 9.10. The summed E-state index contributed by atoms with van der Waals surface area (Å²) in [6.45, 7) is 5.89. The van der Waals surface area contributed by atoms with Gasteiger partial charge < -0.3 is 10.5 Å². The molecule has 0 saturated carbocycles. The van der Waals surface area contributed by atoms with E-state index >= 15 is 0 Å². The van der Waals surface area contributed by atoms with Gasteiger partial charge in [-0.25, -0.2) is 8.42 Å². The van der Waals surface area contributed by atoms with E-state index in [0.717, 1.165) is 0 Å². The van der Waals surface area contributed by atoms with Gasteiger partial charge >= 0.3 is 0 Å². The number of halogens is 1. The van der Waals surface area contributed by atoms with E-state index in [0.29, 0.717) is 36.5 Å². The molecule has 5 nitrogen and oxygen atoms in total. The second-order valence-electron chi connectivity index (χ2n) is 4.50. The van der Waals surface area contributed by atoms with E-state index in [2.05, 4.69) is 22.5 Å². The SMILES string of the molecule is C=CC(N1CCOCC1)S(=O)(=O)c1ccc(N)c(Br)c1. The van der Waals surface area contributed by atoms with Gasteiger partial charge in [0.15, 0.2) is 9.84 Å². The van der Waals surface area contributed by atoms with E-state index in [1.165, 1.54) is 18.2 Å². The predicted octanol–water partition coefficient (Wildman–Crippen LogP) is 1.65. The van der Waals surface area contributed by atoms with Crippen LogP contribution in [0.4, 0.5) is 5.69 Å². The van der Waals surface area contributed by atoms with Crippen molar-refractivity contribution in [1.82, 2.24) is 4.90 Å². The molecule has 1 unspecified atom stereocenters. The number of morpholine rings is 1. The number of rotatable bonds is 4. The number of hydrogen-bond donors (Lipinski definition) is 1. The van der Waals surface area contributed by atoms with Crippen LogP contribution >= 0.6 is 15.9 Å². The van der Waals surface area contributed by atoms with E-state index in [-0.39, 0.29) is 4.90 Å². The maximum Gasteiger partial charge on any atom is 0.198 e. The minimum Gasteiger partial charge on any atom is -0.398 e. The van der Waals surface area contributed by atoms with Gasteiger partial charge in [0, 0.05) is 23.2 Å². The molecule has 2 N–H and O–H groups in total. The van der Waals surface area contributed by atoms with E-state index in [4.69, 9.17) is 10.5 Å². The number of ether oxygens (including phenoxy) is 1. The summed E-state index contributed by atoms with van der Waals surface area (Å²) in [5, 5.41) is -0.748. The van der Waals surface area contributed by atoms with Crippen LogP contribution < -0.4 is 5.73 Å². The van der Waals surface area contributed by atoms with Crippen LogP contribution in [0.5, 0.6) is 0 Å². The molecule has 1 heterocycles. The summed E-state index contributed by atoms with van der Waals surface area (Å²) < 4.78 is 31.2. The first-order chi connectivity index (χ1) is 9.46. The zero-order valence-corrected chi connectivity index (χ0v) is 13.4. The molecule has 20 heavy (non-hydrogen) atoms. The second-order valence-corrected chi connectivity index (χ2v) is 7.40. The number of nitrogens with two attached hydrogens (primary N) is 1. The van der Waals surface area contributed by atoms with Crippen molar-refractivity contribution in [2.24, 2.45) is 0 Å². The number of hydrogen-bond acceptors (Lipinski definition) is 5. The maximum atomic E-state index is 12.7. The van der Waals surface area contributed by atoms with Crippen molar-refractivity contribution in [3.05, 3.63) is 35.3 Å². The summed E-state index contributed by atoms with van der Waals surface area (Å²) in [5.41, 5.74) is 6.20. The Morgan fingerprint density at radius 1 is 1.40 bits per heavy atom. The van der Waals surface area contributed by atoms with Gasteiger partial charge in [-0.1, -0.05) is 6.08 Å². The molecule has 0 bridgehead atoms. The lowest BCUT2D eigenvalue weighted by Gasteiger charge is -2.32. The lowest BCUT2D eigenvalue weighted by molar-refractivity contribution is 0.0374. The fraction of sp³-hybridized carbons (Fsp3) is 0.385. The molecule has 1 aliphatic heterocycles. The van der Waals surface area contributed by atoms with Crippen molar-refractivity contribution in [3.63, 3.8) is 0 Å². The lowest BCUT2D eigenvalue weighted by Crippen LogP contribution is -2.46. The van der Waals surface area contributed by atoms with E-state index < -0.39 is 15.2 Å². The van der Waals surface area contributed by atoms with Gasteiger partial charge in [-0.05, 0) is 34.1 Å². The van der Waals surface area contributed by atoms with Gasteiger partial charge in [-0.15, -0.1) is 6.58 Å². The Bertz CT molecular complexity index is 598. The van der Waals surface area contributed by atoms with E-state index in [9.17, 15) is 8.42 Å². The Hall–Kier alpha value is -0.890. The third kappa shape index (κ3) is 3.06. The maximum absolute atomic E-state index is 12.7. The third-order valence-electron chi connectivity index (χ3n) is 3.23. The smallest absolute Gasteiger partial charge is 0.198 e. The Balaban J connectivity index is 2.35. The van der Waals surface area contributed by atoms with Gasteiger partial charge in [0.2, 0.25) is 0 Å². The van der Waals surface area contributed by atoms with Gasteiger partial charge in [0.25, 0.3) is 0 Å². The van der Waals surface area contributed by atoms with Crippen LogP contribution in [-0.4, -0.2) is 45.0 Å². The Kier molecular flexibility index (Phi) is 4.85. The minimum absolute atomic E-state index is 0.231. The van der Waals surface area contributed by atoms with Crippen LogP contribution in [0, 0.1) is 0 Å². The number of nitrogen functional groups attached to an aromatic ring is 1. The molecule has 0 amide bonds. The van der Waals surface area contributed by atoms with Gasteiger partial charge in [-0.3, -0.25) is 4.90 Å². The highest BCUT2D eigenvalue weighted by Crippen LogP contribution is 2.27. The lowest BCUT2D eigenvalue weighted by atomic mass is 10.3. The number of benzene rings is 1. The number of anilines is 1. The largest absolute Gasteiger partial charge is 0.398 e. The molecule has 0 aliphatic carbocycles. The highest BCUT2D eigenvalue weighted by atomic mass is 79.9. The van der Waals surface area contributed by atoms with Crippen molar-refractivity contribution in [2.45, 2.75) is 10.3 Å². The quantitative estimate of drug-likeness (QED) is 0.652. The molecule has 1 fully saturated rings. The molecule has 2 rings (SSSR count). The zero-order chi connectivity index (χ0) is 14.8. The first-order valence-electron chi connectivity index (χ1n) is 6.20. The average Bonchev–Trinajstić information content (AvgIpc) is 2.43. The minimum atomic E-state index is -3.52. The molecule has 1 saturated heterocycles. The molecule has 1 aliphatic rings. The summed E-state index contributed by atoms with van der Waals surface area (Å²) in [7, 11) is -3.52. The van der Waals surface area contributed by atoms with Crippen molar-refractivity contribution >= 4 is 31.5 Å². The number of nitrogens with zero attached hydrogens (tertiary/aromatic N) is 1. The Morgan fingerprint density at radius 3 is 2.60 bits per heavy atom.